The van der Waals surface area contributed by atoms with Crippen LogP contribution in [0, 0.1) is 5.92 Å². The monoisotopic (exact) mass is 234 g/mol. The third-order valence-corrected chi connectivity index (χ3v) is 3.66. The summed E-state index contributed by atoms with van der Waals surface area (Å²) >= 11 is 0. The molecule has 1 aliphatic rings. The van der Waals surface area contributed by atoms with E-state index >= 15 is 0 Å². The number of hydrogen-bond donors (Lipinski definition) is 1. The van der Waals surface area contributed by atoms with Crippen LogP contribution in [-0.4, -0.2) is 17.8 Å². The van der Waals surface area contributed by atoms with Gasteiger partial charge in [0.15, 0.2) is 0 Å². The predicted octanol–water partition coefficient (Wildman–Crippen LogP) is 3.35. The molecule has 94 valence electrons. The van der Waals surface area contributed by atoms with Gasteiger partial charge in [0.1, 0.15) is 5.75 Å². The maximum Gasteiger partial charge on any atom is 0.122 e. The molecule has 0 amide bonds. The van der Waals surface area contributed by atoms with Gasteiger partial charge in [0.25, 0.3) is 0 Å². The Bertz CT molecular complexity index is 360. The summed E-state index contributed by atoms with van der Waals surface area (Å²) in [6.07, 6.45) is 2.84. The molecule has 2 heteroatoms. The molecular weight excluding hydrogens is 212 g/mol. The zero-order valence-electron chi connectivity index (χ0n) is 10.7. The molecule has 0 spiro atoms. The van der Waals surface area contributed by atoms with Gasteiger partial charge in [-0.15, -0.1) is 0 Å². The van der Waals surface area contributed by atoms with E-state index < -0.39 is 0 Å². The van der Waals surface area contributed by atoms with Crippen molar-refractivity contribution in [2.45, 2.75) is 45.1 Å². The number of aliphatic hydroxyl groups excluding tert-OH is 1. The first-order valence-electron chi connectivity index (χ1n) is 6.58. The summed E-state index contributed by atoms with van der Waals surface area (Å²) in [7, 11) is 0. The SMILES string of the molecule is CC(C)C(O)CCC1CCOc2ccccc21. The van der Waals surface area contributed by atoms with E-state index in [1.165, 1.54) is 5.56 Å². The van der Waals surface area contributed by atoms with Crippen molar-refractivity contribution in [1.29, 1.82) is 0 Å². The van der Waals surface area contributed by atoms with Crippen molar-refractivity contribution in [3.8, 4) is 5.75 Å². The van der Waals surface area contributed by atoms with E-state index in [1.54, 1.807) is 0 Å². The summed E-state index contributed by atoms with van der Waals surface area (Å²) in [6, 6.07) is 8.28. The molecule has 1 aliphatic heterocycles. The summed E-state index contributed by atoms with van der Waals surface area (Å²) in [5.74, 6) is 1.93. The average molecular weight is 234 g/mol. The smallest absolute Gasteiger partial charge is 0.122 e. The first kappa shape index (κ1) is 12.4. The van der Waals surface area contributed by atoms with Crippen molar-refractivity contribution in [3.63, 3.8) is 0 Å². The van der Waals surface area contributed by atoms with E-state index in [-0.39, 0.29) is 6.10 Å². The minimum absolute atomic E-state index is 0.176. The Kier molecular flexibility index (Phi) is 4.06. The van der Waals surface area contributed by atoms with Gasteiger partial charge in [0.2, 0.25) is 0 Å². The Hall–Kier alpha value is -1.02. The van der Waals surface area contributed by atoms with Gasteiger partial charge in [-0.3, -0.25) is 0 Å². The first-order chi connectivity index (χ1) is 8.18. The van der Waals surface area contributed by atoms with Gasteiger partial charge in [-0.1, -0.05) is 32.0 Å². The van der Waals surface area contributed by atoms with E-state index in [2.05, 4.69) is 26.0 Å². The van der Waals surface area contributed by atoms with Crippen LogP contribution in [-0.2, 0) is 0 Å². The third-order valence-electron chi connectivity index (χ3n) is 3.66. The summed E-state index contributed by atoms with van der Waals surface area (Å²) < 4.78 is 5.65. The predicted molar refractivity (Wildman–Crippen MR) is 69.4 cm³/mol. The second-order valence-electron chi connectivity index (χ2n) is 5.26. The number of rotatable bonds is 4. The van der Waals surface area contributed by atoms with Gasteiger partial charge in [-0.25, -0.2) is 0 Å². The second kappa shape index (κ2) is 5.54. The van der Waals surface area contributed by atoms with Gasteiger partial charge in [-0.05, 0) is 42.7 Å². The highest BCUT2D eigenvalue weighted by Crippen LogP contribution is 2.36. The number of benzene rings is 1. The van der Waals surface area contributed by atoms with Crippen molar-refractivity contribution in [2.75, 3.05) is 6.61 Å². The van der Waals surface area contributed by atoms with Crippen molar-refractivity contribution in [3.05, 3.63) is 29.8 Å². The zero-order valence-corrected chi connectivity index (χ0v) is 10.7. The number of aliphatic hydroxyl groups is 1. The summed E-state index contributed by atoms with van der Waals surface area (Å²) in [4.78, 5) is 0. The van der Waals surface area contributed by atoms with Crippen molar-refractivity contribution in [2.24, 2.45) is 5.92 Å². The fourth-order valence-corrected chi connectivity index (χ4v) is 2.42. The highest BCUT2D eigenvalue weighted by Gasteiger charge is 2.22. The quantitative estimate of drug-likeness (QED) is 0.865. The minimum Gasteiger partial charge on any atom is -0.493 e. The highest BCUT2D eigenvalue weighted by atomic mass is 16.5. The van der Waals surface area contributed by atoms with Crippen LogP contribution in [0.2, 0.25) is 0 Å². The van der Waals surface area contributed by atoms with Crippen LogP contribution in [0.3, 0.4) is 0 Å². The highest BCUT2D eigenvalue weighted by molar-refractivity contribution is 5.37. The summed E-state index contributed by atoms with van der Waals surface area (Å²) in [5, 5.41) is 9.87. The molecule has 0 saturated heterocycles. The normalized spacial score (nSPS) is 20.8. The molecule has 0 fully saturated rings. The molecule has 1 N–H and O–H groups in total. The van der Waals surface area contributed by atoms with E-state index in [0.717, 1.165) is 31.6 Å². The topological polar surface area (TPSA) is 29.5 Å². The lowest BCUT2D eigenvalue weighted by Gasteiger charge is -2.27. The Morgan fingerprint density at radius 2 is 2.12 bits per heavy atom. The first-order valence-corrected chi connectivity index (χ1v) is 6.58. The Labute approximate surface area is 104 Å². The molecule has 1 heterocycles. The molecule has 2 rings (SSSR count). The molecule has 2 atom stereocenters. The molecule has 0 radical (unpaired) electrons. The van der Waals surface area contributed by atoms with Crippen LogP contribution < -0.4 is 4.74 Å². The zero-order chi connectivity index (χ0) is 12.3. The Morgan fingerprint density at radius 3 is 2.88 bits per heavy atom. The van der Waals surface area contributed by atoms with Crippen LogP contribution in [0.1, 0.15) is 44.6 Å². The van der Waals surface area contributed by atoms with Crippen LogP contribution in [0.4, 0.5) is 0 Å². The molecule has 0 saturated carbocycles. The van der Waals surface area contributed by atoms with Gasteiger partial charge in [0, 0.05) is 0 Å². The Balaban J connectivity index is 1.99. The lowest BCUT2D eigenvalue weighted by atomic mass is 9.87. The number of fused-ring (bicyclic) bond motifs is 1. The number of hydrogen-bond acceptors (Lipinski definition) is 2. The number of ether oxygens (including phenoxy) is 1. The van der Waals surface area contributed by atoms with E-state index in [9.17, 15) is 5.11 Å². The molecule has 2 nitrogen and oxygen atoms in total. The molecule has 17 heavy (non-hydrogen) atoms. The van der Waals surface area contributed by atoms with Gasteiger partial charge < -0.3 is 9.84 Å². The maximum atomic E-state index is 9.87. The molecule has 1 aromatic rings. The van der Waals surface area contributed by atoms with Crippen molar-refractivity contribution in [1.82, 2.24) is 0 Å². The lowest BCUT2D eigenvalue weighted by molar-refractivity contribution is 0.109. The summed E-state index contributed by atoms with van der Waals surface area (Å²) in [6.45, 7) is 4.95. The van der Waals surface area contributed by atoms with Crippen LogP contribution in [0.25, 0.3) is 0 Å². The second-order valence-corrected chi connectivity index (χ2v) is 5.26. The van der Waals surface area contributed by atoms with Gasteiger partial charge in [0.05, 0.1) is 12.7 Å². The molecule has 0 bridgehead atoms. The van der Waals surface area contributed by atoms with Gasteiger partial charge in [-0.2, -0.15) is 0 Å². The fourth-order valence-electron chi connectivity index (χ4n) is 2.42. The standard InChI is InChI=1S/C15H22O2/c1-11(2)14(16)8-7-12-9-10-17-15-6-4-3-5-13(12)15/h3-6,11-12,14,16H,7-10H2,1-2H3. The van der Waals surface area contributed by atoms with Crippen LogP contribution in [0.15, 0.2) is 24.3 Å². The lowest BCUT2D eigenvalue weighted by Crippen LogP contribution is -2.19. The number of para-hydroxylation sites is 1. The Morgan fingerprint density at radius 1 is 1.35 bits per heavy atom. The van der Waals surface area contributed by atoms with Crippen LogP contribution in [0.5, 0.6) is 5.75 Å². The van der Waals surface area contributed by atoms with Crippen LogP contribution >= 0.6 is 0 Å². The molecular formula is C15H22O2. The van der Waals surface area contributed by atoms with Crippen molar-refractivity contribution >= 4 is 0 Å². The van der Waals surface area contributed by atoms with Crippen molar-refractivity contribution < 1.29 is 9.84 Å². The molecule has 1 aromatic carbocycles. The fraction of sp³-hybridized carbons (Fsp3) is 0.600. The molecule has 0 aliphatic carbocycles. The largest absolute Gasteiger partial charge is 0.493 e. The van der Waals surface area contributed by atoms with E-state index in [0.29, 0.717) is 11.8 Å². The van der Waals surface area contributed by atoms with Gasteiger partial charge >= 0.3 is 0 Å². The molecule has 2 unspecified atom stereocenters. The third kappa shape index (κ3) is 3.01. The summed E-state index contributed by atoms with van der Waals surface area (Å²) in [5.41, 5.74) is 1.31. The van der Waals surface area contributed by atoms with E-state index in [4.69, 9.17) is 4.74 Å². The van der Waals surface area contributed by atoms with E-state index in [1.807, 2.05) is 12.1 Å². The minimum atomic E-state index is -0.176. The molecule has 0 aromatic heterocycles. The average Bonchev–Trinajstić information content (AvgIpc) is 2.35. The maximum absolute atomic E-state index is 9.87.